The quantitative estimate of drug-likeness (QED) is 0.732. The SMILES string of the molecule is CCCS(=O)(=O)C(C)C(=O)OC1CC2CC(C1C)C2(C)C. The Morgan fingerprint density at radius 1 is 1.33 bits per heavy atom. The van der Waals surface area contributed by atoms with Gasteiger partial charge in [-0.25, -0.2) is 8.42 Å². The van der Waals surface area contributed by atoms with Crippen LogP contribution in [0, 0.1) is 23.2 Å². The molecule has 21 heavy (non-hydrogen) atoms. The van der Waals surface area contributed by atoms with Crippen molar-refractivity contribution in [2.75, 3.05) is 5.75 Å². The van der Waals surface area contributed by atoms with Gasteiger partial charge in [0.1, 0.15) is 6.10 Å². The first-order valence-electron chi connectivity index (χ1n) is 8.03. The standard InChI is InChI=1S/C16H28O4S/c1-6-7-21(18,19)11(3)15(17)20-14-9-12-8-13(10(14)2)16(12,4)5/h10-14H,6-9H2,1-5H3. The highest BCUT2D eigenvalue weighted by Crippen LogP contribution is 2.61. The van der Waals surface area contributed by atoms with E-state index in [2.05, 4.69) is 20.8 Å². The topological polar surface area (TPSA) is 60.4 Å². The Morgan fingerprint density at radius 3 is 2.43 bits per heavy atom. The van der Waals surface area contributed by atoms with Gasteiger partial charge in [0, 0.05) is 0 Å². The molecule has 3 fully saturated rings. The minimum atomic E-state index is -3.38. The smallest absolute Gasteiger partial charge is 0.324 e. The van der Waals surface area contributed by atoms with Crippen LogP contribution in [-0.2, 0) is 19.4 Å². The Labute approximate surface area is 128 Å². The van der Waals surface area contributed by atoms with Crippen LogP contribution in [0.5, 0.6) is 0 Å². The molecular weight excluding hydrogens is 288 g/mol. The van der Waals surface area contributed by atoms with Crippen LogP contribution < -0.4 is 0 Å². The van der Waals surface area contributed by atoms with Gasteiger partial charge in [-0.1, -0.05) is 27.7 Å². The summed E-state index contributed by atoms with van der Waals surface area (Å²) < 4.78 is 29.5. The molecule has 5 unspecified atom stereocenters. The highest BCUT2D eigenvalue weighted by atomic mass is 32.2. The molecule has 0 aromatic carbocycles. The third kappa shape index (κ3) is 2.86. The van der Waals surface area contributed by atoms with E-state index in [1.54, 1.807) is 6.92 Å². The number of hydrogen-bond acceptors (Lipinski definition) is 4. The fourth-order valence-electron chi connectivity index (χ4n) is 4.11. The number of fused-ring (bicyclic) bond motifs is 2. The van der Waals surface area contributed by atoms with E-state index >= 15 is 0 Å². The Hall–Kier alpha value is -0.580. The van der Waals surface area contributed by atoms with Crippen LogP contribution in [0.1, 0.15) is 53.9 Å². The monoisotopic (exact) mass is 316 g/mol. The molecule has 0 radical (unpaired) electrons. The normalized spacial score (nSPS) is 35.7. The second kappa shape index (κ2) is 5.56. The summed E-state index contributed by atoms with van der Waals surface area (Å²) in [5.74, 6) is 0.965. The van der Waals surface area contributed by atoms with Gasteiger partial charge in [0.05, 0.1) is 5.75 Å². The number of sulfone groups is 1. The molecule has 0 aromatic rings. The molecule has 0 amide bonds. The van der Waals surface area contributed by atoms with Crippen LogP contribution in [0.3, 0.4) is 0 Å². The molecule has 122 valence electrons. The van der Waals surface area contributed by atoms with E-state index in [1.165, 1.54) is 13.3 Å². The largest absolute Gasteiger partial charge is 0.461 e. The Morgan fingerprint density at radius 2 is 1.95 bits per heavy atom. The van der Waals surface area contributed by atoms with Crippen molar-refractivity contribution in [3.8, 4) is 0 Å². The first-order valence-corrected chi connectivity index (χ1v) is 9.74. The zero-order chi connectivity index (χ0) is 16.0. The van der Waals surface area contributed by atoms with Gasteiger partial charge in [-0.05, 0) is 49.4 Å². The van der Waals surface area contributed by atoms with Gasteiger partial charge in [0.2, 0.25) is 0 Å². The highest BCUT2D eigenvalue weighted by Gasteiger charge is 2.57. The maximum atomic E-state index is 12.2. The summed E-state index contributed by atoms with van der Waals surface area (Å²) in [7, 11) is -3.38. The molecular formula is C16H28O4S. The lowest BCUT2D eigenvalue weighted by molar-refractivity contribution is -0.185. The molecule has 0 saturated heterocycles. The lowest BCUT2D eigenvalue weighted by atomic mass is 9.45. The van der Waals surface area contributed by atoms with E-state index in [9.17, 15) is 13.2 Å². The van der Waals surface area contributed by atoms with Crippen molar-refractivity contribution in [1.29, 1.82) is 0 Å². The van der Waals surface area contributed by atoms with Crippen LogP contribution in [-0.4, -0.2) is 31.5 Å². The Kier molecular flexibility index (Phi) is 4.45. The van der Waals surface area contributed by atoms with Crippen LogP contribution >= 0.6 is 0 Å². The van der Waals surface area contributed by atoms with Crippen molar-refractivity contribution in [3.05, 3.63) is 0 Å². The molecule has 0 aliphatic heterocycles. The second-order valence-electron chi connectivity index (χ2n) is 7.44. The van der Waals surface area contributed by atoms with Crippen LogP contribution in [0.2, 0.25) is 0 Å². The molecule has 0 spiro atoms. The summed E-state index contributed by atoms with van der Waals surface area (Å²) in [5.41, 5.74) is 0.336. The van der Waals surface area contributed by atoms with Crippen molar-refractivity contribution in [2.24, 2.45) is 23.2 Å². The zero-order valence-corrected chi connectivity index (χ0v) is 14.6. The Bertz CT molecular complexity index is 508. The average molecular weight is 316 g/mol. The minimum Gasteiger partial charge on any atom is -0.461 e. The van der Waals surface area contributed by atoms with Gasteiger partial charge in [-0.2, -0.15) is 0 Å². The van der Waals surface area contributed by atoms with E-state index < -0.39 is 21.1 Å². The maximum absolute atomic E-state index is 12.2. The number of carbonyl (C=O) groups excluding carboxylic acids is 1. The van der Waals surface area contributed by atoms with Crippen LogP contribution in [0.15, 0.2) is 0 Å². The van der Waals surface area contributed by atoms with E-state index in [0.717, 1.165) is 6.42 Å². The van der Waals surface area contributed by atoms with Gasteiger partial charge in [0.25, 0.3) is 0 Å². The number of hydrogen-bond donors (Lipinski definition) is 0. The highest BCUT2D eigenvalue weighted by molar-refractivity contribution is 7.92. The molecule has 4 nitrogen and oxygen atoms in total. The third-order valence-corrected chi connectivity index (χ3v) is 8.16. The minimum absolute atomic E-state index is 0.0434. The summed E-state index contributed by atoms with van der Waals surface area (Å²) in [5, 5.41) is -1.05. The van der Waals surface area contributed by atoms with Crippen molar-refractivity contribution in [1.82, 2.24) is 0 Å². The van der Waals surface area contributed by atoms with Crippen LogP contribution in [0.4, 0.5) is 0 Å². The first-order chi connectivity index (χ1) is 9.61. The third-order valence-electron chi connectivity index (χ3n) is 5.91. The van der Waals surface area contributed by atoms with Gasteiger partial charge in [0.15, 0.2) is 15.1 Å². The first kappa shape index (κ1) is 16.8. The summed E-state index contributed by atoms with van der Waals surface area (Å²) in [6.45, 7) is 9.95. The number of rotatable bonds is 5. The van der Waals surface area contributed by atoms with Crippen molar-refractivity contribution >= 4 is 15.8 Å². The number of carbonyl (C=O) groups is 1. The molecule has 3 aliphatic carbocycles. The lowest BCUT2D eigenvalue weighted by Gasteiger charge is -2.61. The summed E-state index contributed by atoms with van der Waals surface area (Å²) in [6, 6.07) is 0. The number of ether oxygens (including phenoxy) is 1. The van der Waals surface area contributed by atoms with Crippen LogP contribution in [0.25, 0.3) is 0 Å². The van der Waals surface area contributed by atoms with E-state index in [4.69, 9.17) is 4.74 Å². The van der Waals surface area contributed by atoms with Gasteiger partial charge < -0.3 is 4.74 Å². The molecule has 0 heterocycles. The van der Waals surface area contributed by atoms with Crippen molar-refractivity contribution in [2.45, 2.75) is 65.2 Å². The second-order valence-corrected chi connectivity index (χ2v) is 9.88. The fourth-order valence-corrected chi connectivity index (χ4v) is 5.38. The van der Waals surface area contributed by atoms with E-state index in [1.807, 2.05) is 0 Å². The predicted octanol–water partition coefficient (Wildman–Crippen LogP) is 2.81. The van der Waals surface area contributed by atoms with Crippen molar-refractivity contribution < 1.29 is 17.9 Å². The molecule has 5 atom stereocenters. The summed E-state index contributed by atoms with van der Waals surface area (Å²) >= 11 is 0. The molecule has 3 rings (SSSR count). The average Bonchev–Trinajstić information content (AvgIpc) is 2.39. The fraction of sp³-hybridized carbons (Fsp3) is 0.938. The van der Waals surface area contributed by atoms with Gasteiger partial charge >= 0.3 is 5.97 Å². The van der Waals surface area contributed by atoms with Gasteiger partial charge in [-0.3, -0.25) is 4.79 Å². The molecule has 3 saturated carbocycles. The molecule has 0 N–H and O–H groups in total. The Balaban J connectivity index is 1.99. The van der Waals surface area contributed by atoms with Gasteiger partial charge in [-0.15, -0.1) is 0 Å². The molecule has 5 heteroatoms. The van der Waals surface area contributed by atoms with Crippen molar-refractivity contribution in [3.63, 3.8) is 0 Å². The number of esters is 1. The lowest BCUT2D eigenvalue weighted by Crippen LogP contribution is -2.57. The molecule has 0 aromatic heterocycles. The predicted molar refractivity (Wildman–Crippen MR) is 82.6 cm³/mol. The zero-order valence-electron chi connectivity index (χ0n) is 13.8. The summed E-state index contributed by atoms with van der Waals surface area (Å²) in [6.07, 6.45) is 2.49. The molecule has 3 aliphatic rings. The van der Waals surface area contributed by atoms with E-state index in [-0.39, 0.29) is 11.9 Å². The summed E-state index contributed by atoms with van der Waals surface area (Å²) in [4.78, 5) is 12.2. The molecule has 2 bridgehead atoms. The maximum Gasteiger partial charge on any atom is 0.324 e. The van der Waals surface area contributed by atoms with E-state index in [0.29, 0.717) is 29.6 Å².